The molecule has 4 N–H and O–H groups in total. The Kier molecular flexibility index (Phi) is 2.08. The fraction of sp³-hybridized carbons (Fsp3) is 1.00. The summed E-state index contributed by atoms with van der Waals surface area (Å²) in [6, 6.07) is 0. The van der Waals surface area contributed by atoms with Gasteiger partial charge >= 0.3 is 0 Å². The molecule has 0 radical (unpaired) electrons. The first-order valence-corrected chi connectivity index (χ1v) is 3.12. The third kappa shape index (κ3) is 1.59. The molecule has 2 unspecified atom stereocenters. The van der Waals surface area contributed by atoms with E-state index in [-0.39, 0.29) is 11.8 Å². The summed E-state index contributed by atoms with van der Waals surface area (Å²) in [5.74, 6) is 0. The second-order valence-electron chi connectivity index (χ2n) is 1.88. The third-order valence-electron chi connectivity index (χ3n) is 1.14. The smallest absolute Gasteiger partial charge is 0.136 e. The van der Waals surface area contributed by atoms with Crippen LogP contribution in [0.3, 0.4) is 0 Å². The van der Waals surface area contributed by atoms with Crippen LogP contribution in [0.4, 0.5) is 0 Å². The zero-order valence-corrected chi connectivity index (χ0v) is 5.28. The Balaban J connectivity index is 2.23. The minimum Gasteiger partial charge on any atom is -0.316 e. The van der Waals surface area contributed by atoms with Crippen molar-refractivity contribution < 1.29 is 0 Å². The van der Waals surface area contributed by atoms with E-state index in [0.717, 1.165) is 13.0 Å². The van der Waals surface area contributed by atoms with Crippen molar-refractivity contribution in [2.24, 2.45) is 5.73 Å². The van der Waals surface area contributed by atoms with Crippen molar-refractivity contribution in [1.29, 1.82) is 0 Å². The minimum atomic E-state index is -0.140. The van der Waals surface area contributed by atoms with Gasteiger partial charge in [0.15, 0.2) is 0 Å². The van der Waals surface area contributed by atoms with Crippen LogP contribution in [0.5, 0.6) is 0 Å². The highest BCUT2D eigenvalue weighted by Crippen LogP contribution is 1.95. The second-order valence-corrected chi connectivity index (χ2v) is 2.31. The van der Waals surface area contributed by atoms with E-state index in [0.29, 0.717) is 0 Å². The minimum absolute atomic E-state index is 0.0683. The summed E-state index contributed by atoms with van der Waals surface area (Å²) in [5, 5.41) is 5.90. The standard InChI is InChI=1S/C4H10ClN3/c5-4-7-2-1-3(6)8-4/h3-4,7-8H,1-2,6H2. The van der Waals surface area contributed by atoms with E-state index in [9.17, 15) is 0 Å². The number of alkyl halides is 1. The van der Waals surface area contributed by atoms with Crippen molar-refractivity contribution in [3.8, 4) is 0 Å². The Morgan fingerprint density at radius 2 is 2.38 bits per heavy atom. The van der Waals surface area contributed by atoms with E-state index >= 15 is 0 Å². The van der Waals surface area contributed by atoms with Gasteiger partial charge in [0.05, 0.1) is 6.17 Å². The summed E-state index contributed by atoms with van der Waals surface area (Å²) in [4.78, 5) is 0. The van der Waals surface area contributed by atoms with Crippen LogP contribution in [0, 0.1) is 0 Å². The van der Waals surface area contributed by atoms with E-state index < -0.39 is 0 Å². The molecular formula is C4H10ClN3. The first-order chi connectivity index (χ1) is 3.79. The lowest BCUT2D eigenvalue weighted by molar-refractivity contribution is 0.369. The van der Waals surface area contributed by atoms with Gasteiger partial charge < -0.3 is 5.73 Å². The maximum absolute atomic E-state index is 5.61. The van der Waals surface area contributed by atoms with Crippen LogP contribution in [0.25, 0.3) is 0 Å². The molecule has 1 aliphatic heterocycles. The zero-order chi connectivity index (χ0) is 5.98. The number of nitrogens with one attached hydrogen (secondary N) is 2. The van der Waals surface area contributed by atoms with E-state index in [4.69, 9.17) is 17.3 Å². The molecule has 1 saturated heterocycles. The molecule has 4 heteroatoms. The zero-order valence-electron chi connectivity index (χ0n) is 4.52. The summed E-state index contributed by atoms with van der Waals surface area (Å²) < 4.78 is 0. The fourth-order valence-electron chi connectivity index (χ4n) is 0.696. The Morgan fingerprint density at radius 3 is 2.75 bits per heavy atom. The number of rotatable bonds is 0. The molecular weight excluding hydrogens is 126 g/mol. The van der Waals surface area contributed by atoms with Crippen LogP contribution >= 0.6 is 11.6 Å². The van der Waals surface area contributed by atoms with Crippen LogP contribution in [0.1, 0.15) is 6.42 Å². The summed E-state index contributed by atoms with van der Waals surface area (Å²) in [7, 11) is 0. The maximum Gasteiger partial charge on any atom is 0.136 e. The Labute approximate surface area is 53.6 Å². The molecule has 0 aromatic rings. The molecule has 3 nitrogen and oxygen atoms in total. The van der Waals surface area contributed by atoms with Crippen LogP contribution in [-0.4, -0.2) is 18.3 Å². The van der Waals surface area contributed by atoms with E-state index in [2.05, 4.69) is 10.6 Å². The predicted molar refractivity (Wildman–Crippen MR) is 33.4 cm³/mol. The van der Waals surface area contributed by atoms with Gasteiger partial charge in [0.2, 0.25) is 0 Å². The molecule has 1 aliphatic rings. The molecule has 2 atom stereocenters. The average Bonchev–Trinajstić information content (AvgIpc) is 1.64. The van der Waals surface area contributed by atoms with Crippen molar-refractivity contribution in [2.45, 2.75) is 18.2 Å². The van der Waals surface area contributed by atoms with Crippen molar-refractivity contribution in [3.05, 3.63) is 0 Å². The number of hydrogen-bond acceptors (Lipinski definition) is 3. The molecule has 1 fully saturated rings. The van der Waals surface area contributed by atoms with Crippen molar-refractivity contribution in [3.63, 3.8) is 0 Å². The first kappa shape index (κ1) is 6.29. The van der Waals surface area contributed by atoms with Gasteiger partial charge in [-0.15, -0.1) is 0 Å². The average molecular weight is 136 g/mol. The normalized spacial score (nSPS) is 39.8. The lowest BCUT2D eigenvalue weighted by Crippen LogP contribution is -2.54. The molecule has 1 rings (SSSR count). The van der Waals surface area contributed by atoms with Gasteiger partial charge in [0, 0.05) is 6.54 Å². The molecule has 8 heavy (non-hydrogen) atoms. The van der Waals surface area contributed by atoms with E-state index in [1.807, 2.05) is 0 Å². The highest BCUT2D eigenvalue weighted by Gasteiger charge is 2.13. The molecule has 0 aliphatic carbocycles. The van der Waals surface area contributed by atoms with Gasteiger partial charge in [-0.25, -0.2) is 0 Å². The molecule has 0 spiro atoms. The molecule has 0 saturated carbocycles. The van der Waals surface area contributed by atoms with Gasteiger partial charge in [0.1, 0.15) is 5.62 Å². The Bertz CT molecular complexity index is 69.7. The van der Waals surface area contributed by atoms with E-state index in [1.54, 1.807) is 0 Å². The van der Waals surface area contributed by atoms with Gasteiger partial charge in [-0.3, -0.25) is 10.6 Å². The Hall–Kier alpha value is 0.170. The largest absolute Gasteiger partial charge is 0.316 e. The lowest BCUT2D eigenvalue weighted by atomic mass is 10.3. The first-order valence-electron chi connectivity index (χ1n) is 2.68. The summed E-state index contributed by atoms with van der Waals surface area (Å²) in [6.45, 7) is 0.905. The van der Waals surface area contributed by atoms with E-state index in [1.165, 1.54) is 0 Å². The SMILES string of the molecule is NC1CCNC(Cl)N1. The molecule has 0 amide bonds. The van der Waals surface area contributed by atoms with Crippen molar-refractivity contribution >= 4 is 11.6 Å². The van der Waals surface area contributed by atoms with Crippen LogP contribution < -0.4 is 16.4 Å². The lowest BCUT2D eigenvalue weighted by Gasteiger charge is -2.24. The predicted octanol–water partition coefficient (Wildman–Crippen LogP) is -0.624. The number of nitrogens with two attached hydrogens (primary N) is 1. The second kappa shape index (κ2) is 2.64. The topological polar surface area (TPSA) is 50.1 Å². The van der Waals surface area contributed by atoms with Crippen LogP contribution in [-0.2, 0) is 0 Å². The Morgan fingerprint density at radius 1 is 1.62 bits per heavy atom. The van der Waals surface area contributed by atoms with Gasteiger partial charge in [0.25, 0.3) is 0 Å². The molecule has 48 valence electrons. The summed E-state index contributed by atoms with van der Waals surface area (Å²) in [6.07, 6.45) is 1.02. The van der Waals surface area contributed by atoms with Gasteiger partial charge in [-0.1, -0.05) is 11.6 Å². The van der Waals surface area contributed by atoms with Gasteiger partial charge in [-0.2, -0.15) is 0 Å². The highest BCUT2D eigenvalue weighted by molar-refractivity contribution is 6.20. The molecule has 1 heterocycles. The van der Waals surface area contributed by atoms with Crippen molar-refractivity contribution in [1.82, 2.24) is 10.6 Å². The van der Waals surface area contributed by atoms with Crippen LogP contribution in [0.2, 0.25) is 0 Å². The highest BCUT2D eigenvalue weighted by atomic mass is 35.5. The third-order valence-corrected chi connectivity index (χ3v) is 1.42. The molecule has 0 bridgehead atoms. The van der Waals surface area contributed by atoms with Crippen LogP contribution in [0.15, 0.2) is 0 Å². The number of hydrogen-bond donors (Lipinski definition) is 3. The molecule has 0 aromatic carbocycles. The van der Waals surface area contributed by atoms with Crippen molar-refractivity contribution in [2.75, 3.05) is 6.54 Å². The molecule has 0 aromatic heterocycles. The fourth-order valence-corrected chi connectivity index (χ4v) is 0.967. The van der Waals surface area contributed by atoms with Gasteiger partial charge in [-0.05, 0) is 6.42 Å². The quantitative estimate of drug-likeness (QED) is 0.307. The monoisotopic (exact) mass is 135 g/mol. The summed E-state index contributed by atoms with van der Waals surface area (Å²) in [5.41, 5.74) is 5.35. The maximum atomic E-state index is 5.61. The summed E-state index contributed by atoms with van der Waals surface area (Å²) >= 11 is 5.61. The number of halogens is 1.